The number of piperidine rings is 3. The number of hydrogen-bond acceptors (Lipinski definition) is 5. The third-order valence-electron chi connectivity index (χ3n) is 6.83. The Kier molecular flexibility index (Phi) is 4.31. The molecule has 1 aromatic carbocycles. The van der Waals surface area contributed by atoms with Crippen LogP contribution in [-0.2, 0) is 0 Å². The van der Waals surface area contributed by atoms with E-state index in [1.54, 1.807) is 19.5 Å². The Morgan fingerprint density at radius 1 is 1.07 bits per heavy atom. The first-order valence-electron chi connectivity index (χ1n) is 10.1. The predicted molar refractivity (Wildman–Crippen MR) is 105 cm³/mol. The standard InChI is InChI=1S/C22H26N4O2/c1-14-23-11-17(12-24-14)22(27)26-13-19(15-3-5-18(28-2)6-4-15)21-20(26)16-7-9-25(21)10-8-16/h3-6,11-12,16,19-21H,7-10,13H2,1-2H3/t19-,20+,21+/m0/s1. The molecule has 0 spiro atoms. The number of fused-ring (bicyclic) bond motifs is 2. The molecule has 6 heteroatoms. The number of hydrogen-bond donors (Lipinski definition) is 0. The number of likely N-dealkylation sites (tertiary alicyclic amines) is 1. The molecule has 0 aliphatic carbocycles. The van der Waals surface area contributed by atoms with E-state index in [0.717, 1.165) is 25.4 Å². The number of carbonyl (C=O) groups excluding carboxylic acids is 1. The predicted octanol–water partition coefficient (Wildman–Crippen LogP) is 2.50. The molecule has 4 fully saturated rings. The largest absolute Gasteiger partial charge is 0.497 e. The number of aromatic nitrogens is 2. The zero-order valence-electron chi connectivity index (χ0n) is 16.4. The minimum absolute atomic E-state index is 0.0692. The first kappa shape index (κ1) is 17.6. The van der Waals surface area contributed by atoms with E-state index < -0.39 is 0 Å². The van der Waals surface area contributed by atoms with Gasteiger partial charge in [0.2, 0.25) is 0 Å². The highest BCUT2D eigenvalue weighted by Crippen LogP contribution is 2.47. The summed E-state index contributed by atoms with van der Waals surface area (Å²) in [6.45, 7) is 4.89. The highest BCUT2D eigenvalue weighted by Gasteiger charge is 2.54. The second-order valence-electron chi connectivity index (χ2n) is 8.21. The van der Waals surface area contributed by atoms with E-state index in [9.17, 15) is 4.79 Å². The minimum atomic E-state index is 0.0692. The van der Waals surface area contributed by atoms with Gasteiger partial charge in [0.15, 0.2) is 0 Å². The first-order chi connectivity index (χ1) is 13.7. The van der Waals surface area contributed by atoms with Crippen molar-refractivity contribution in [3.63, 3.8) is 0 Å². The highest BCUT2D eigenvalue weighted by molar-refractivity contribution is 5.94. The van der Waals surface area contributed by atoms with E-state index in [4.69, 9.17) is 4.74 Å². The molecule has 6 rings (SSSR count). The Hall–Kier alpha value is -2.47. The number of ether oxygens (including phenoxy) is 1. The van der Waals surface area contributed by atoms with E-state index in [2.05, 4.69) is 31.9 Å². The maximum absolute atomic E-state index is 13.4. The van der Waals surface area contributed by atoms with E-state index in [1.807, 2.05) is 19.1 Å². The average Bonchev–Trinajstić information content (AvgIpc) is 3.17. The smallest absolute Gasteiger partial charge is 0.257 e. The van der Waals surface area contributed by atoms with Gasteiger partial charge in [0.05, 0.1) is 18.7 Å². The SMILES string of the molecule is COc1ccc([C@@H]2CN(C(=O)c3cnc(C)nc3)[C@@H]3C4CCN(CC4)[C@@H]32)cc1. The van der Waals surface area contributed by atoms with Crippen LogP contribution in [0.4, 0.5) is 0 Å². The molecule has 5 heterocycles. The molecule has 2 aromatic rings. The van der Waals surface area contributed by atoms with Crippen LogP contribution in [0.5, 0.6) is 5.75 Å². The summed E-state index contributed by atoms with van der Waals surface area (Å²) in [5, 5.41) is 0. The van der Waals surface area contributed by atoms with Gasteiger partial charge in [0.1, 0.15) is 11.6 Å². The number of amides is 1. The third-order valence-corrected chi connectivity index (χ3v) is 6.83. The first-order valence-corrected chi connectivity index (χ1v) is 10.1. The number of nitrogens with zero attached hydrogens (tertiary/aromatic N) is 4. The summed E-state index contributed by atoms with van der Waals surface area (Å²) in [6.07, 6.45) is 5.71. The fourth-order valence-corrected chi connectivity index (χ4v) is 5.47. The molecular formula is C22H26N4O2. The molecular weight excluding hydrogens is 352 g/mol. The van der Waals surface area contributed by atoms with Crippen LogP contribution in [0.15, 0.2) is 36.7 Å². The third kappa shape index (κ3) is 2.78. The van der Waals surface area contributed by atoms with E-state index >= 15 is 0 Å². The van der Waals surface area contributed by atoms with Crippen molar-refractivity contribution in [2.24, 2.45) is 5.92 Å². The molecule has 4 saturated heterocycles. The summed E-state index contributed by atoms with van der Waals surface area (Å²) in [4.78, 5) is 26.6. The van der Waals surface area contributed by atoms with Crippen molar-refractivity contribution in [3.8, 4) is 5.75 Å². The van der Waals surface area contributed by atoms with Crippen molar-refractivity contribution >= 4 is 5.91 Å². The normalized spacial score (nSPS) is 30.9. The number of methoxy groups -OCH3 is 1. The van der Waals surface area contributed by atoms with Gasteiger partial charge in [-0.25, -0.2) is 9.97 Å². The maximum atomic E-state index is 13.4. The van der Waals surface area contributed by atoms with E-state index in [0.29, 0.717) is 29.3 Å². The monoisotopic (exact) mass is 378 g/mol. The molecule has 0 N–H and O–H groups in total. The van der Waals surface area contributed by atoms with E-state index in [1.165, 1.54) is 18.4 Å². The quantitative estimate of drug-likeness (QED) is 0.821. The Balaban J connectivity index is 1.49. The Labute approximate surface area is 165 Å². The molecule has 6 nitrogen and oxygen atoms in total. The number of benzene rings is 1. The molecule has 1 amide bonds. The van der Waals surface area contributed by atoms with Crippen molar-refractivity contribution in [1.82, 2.24) is 19.8 Å². The summed E-state index contributed by atoms with van der Waals surface area (Å²) in [5.74, 6) is 2.55. The molecule has 3 atom stereocenters. The summed E-state index contributed by atoms with van der Waals surface area (Å²) in [7, 11) is 1.69. The van der Waals surface area contributed by atoms with Crippen molar-refractivity contribution in [1.29, 1.82) is 0 Å². The van der Waals surface area contributed by atoms with Crippen molar-refractivity contribution < 1.29 is 9.53 Å². The summed E-state index contributed by atoms with van der Waals surface area (Å²) in [5.41, 5.74) is 1.88. The zero-order valence-corrected chi connectivity index (χ0v) is 16.4. The van der Waals surface area contributed by atoms with Crippen LogP contribution in [0.2, 0.25) is 0 Å². The second kappa shape index (κ2) is 6.85. The molecule has 0 saturated carbocycles. The van der Waals surface area contributed by atoms with Gasteiger partial charge >= 0.3 is 0 Å². The van der Waals surface area contributed by atoms with Crippen LogP contribution in [0.3, 0.4) is 0 Å². The second-order valence-corrected chi connectivity index (χ2v) is 8.21. The van der Waals surface area contributed by atoms with Crippen molar-refractivity contribution in [2.45, 2.75) is 37.8 Å². The molecule has 146 valence electrons. The van der Waals surface area contributed by atoms with Crippen LogP contribution < -0.4 is 4.74 Å². The zero-order chi connectivity index (χ0) is 19.3. The lowest BCUT2D eigenvalue weighted by Gasteiger charge is -2.51. The minimum Gasteiger partial charge on any atom is -0.497 e. The molecule has 1 aromatic heterocycles. The Morgan fingerprint density at radius 2 is 1.75 bits per heavy atom. The van der Waals surface area contributed by atoms with Gasteiger partial charge < -0.3 is 9.64 Å². The average molecular weight is 378 g/mol. The van der Waals surface area contributed by atoms with Crippen LogP contribution in [0.1, 0.15) is 40.5 Å². The van der Waals surface area contributed by atoms with Gasteiger partial charge in [-0.2, -0.15) is 0 Å². The summed E-state index contributed by atoms with van der Waals surface area (Å²) >= 11 is 0. The van der Waals surface area contributed by atoms with Crippen LogP contribution >= 0.6 is 0 Å². The summed E-state index contributed by atoms with van der Waals surface area (Å²) in [6, 6.07) is 9.05. The fourth-order valence-electron chi connectivity index (χ4n) is 5.47. The van der Waals surface area contributed by atoms with Gasteiger partial charge in [-0.1, -0.05) is 12.1 Å². The lowest BCUT2D eigenvalue weighted by Crippen LogP contribution is -2.60. The van der Waals surface area contributed by atoms with Crippen molar-refractivity contribution in [2.75, 3.05) is 26.7 Å². The fraction of sp³-hybridized carbons (Fsp3) is 0.500. The molecule has 4 aliphatic rings. The van der Waals surface area contributed by atoms with Gasteiger partial charge in [-0.3, -0.25) is 9.69 Å². The number of carbonyl (C=O) groups is 1. The Morgan fingerprint density at radius 3 is 2.39 bits per heavy atom. The van der Waals surface area contributed by atoms with Crippen molar-refractivity contribution in [3.05, 3.63) is 53.6 Å². The highest BCUT2D eigenvalue weighted by atomic mass is 16.5. The van der Waals surface area contributed by atoms with Crippen LogP contribution in [0, 0.1) is 12.8 Å². The van der Waals surface area contributed by atoms with Crippen LogP contribution in [0.25, 0.3) is 0 Å². The summed E-state index contributed by atoms with van der Waals surface area (Å²) < 4.78 is 5.33. The topological polar surface area (TPSA) is 58.6 Å². The number of aryl methyl sites for hydroxylation is 1. The van der Waals surface area contributed by atoms with Gasteiger partial charge in [-0.05, 0) is 56.5 Å². The maximum Gasteiger partial charge on any atom is 0.257 e. The van der Waals surface area contributed by atoms with E-state index in [-0.39, 0.29) is 11.9 Å². The van der Waals surface area contributed by atoms with Gasteiger partial charge in [0.25, 0.3) is 5.91 Å². The number of rotatable bonds is 3. The molecule has 0 unspecified atom stereocenters. The molecule has 4 aliphatic heterocycles. The van der Waals surface area contributed by atoms with Gasteiger partial charge in [-0.15, -0.1) is 0 Å². The lowest BCUT2D eigenvalue weighted by atomic mass is 9.75. The van der Waals surface area contributed by atoms with Gasteiger partial charge in [0, 0.05) is 30.9 Å². The lowest BCUT2D eigenvalue weighted by molar-refractivity contribution is -0.00343. The van der Waals surface area contributed by atoms with Crippen LogP contribution in [-0.4, -0.2) is 64.5 Å². The molecule has 0 radical (unpaired) electrons. The molecule has 28 heavy (non-hydrogen) atoms. The Bertz CT molecular complexity index is 859. The molecule has 2 bridgehead atoms.